The summed E-state index contributed by atoms with van der Waals surface area (Å²) < 4.78 is 38.3. The van der Waals surface area contributed by atoms with E-state index in [0.717, 1.165) is 16.8 Å². The van der Waals surface area contributed by atoms with E-state index in [9.17, 15) is 23.2 Å². The van der Waals surface area contributed by atoms with Crippen molar-refractivity contribution in [3.05, 3.63) is 71.4 Å². The van der Waals surface area contributed by atoms with E-state index in [4.69, 9.17) is 14.6 Å². The Morgan fingerprint density at radius 2 is 2.07 bits per heavy atom. The zero-order valence-corrected chi connectivity index (χ0v) is 25.7. The molecule has 0 radical (unpaired) electrons. The van der Waals surface area contributed by atoms with Crippen LogP contribution >= 0.6 is 11.8 Å². The van der Waals surface area contributed by atoms with E-state index in [1.54, 1.807) is 12.1 Å². The van der Waals surface area contributed by atoms with Crippen molar-refractivity contribution in [1.82, 2.24) is 4.98 Å². The number of carbonyl (C=O) groups is 3. The molecule has 0 aliphatic heterocycles. The van der Waals surface area contributed by atoms with E-state index in [1.807, 2.05) is 12.2 Å². The molecule has 232 valence electrons. The highest BCUT2D eigenvalue weighted by molar-refractivity contribution is 8.13. The number of quaternary nitrogens is 1. The average molecular weight is 625 g/mol. The number of ether oxygens (including phenoxy) is 1. The number of Topliss-reactive ketones (excluding diaryl/α,β-unsaturated/α-hetero) is 1. The van der Waals surface area contributed by atoms with Crippen molar-refractivity contribution in [1.29, 1.82) is 5.41 Å². The number of furan rings is 1. The number of halogens is 2. The summed E-state index contributed by atoms with van der Waals surface area (Å²) >= 11 is 0.481. The van der Waals surface area contributed by atoms with Gasteiger partial charge in [-0.25, -0.2) is 14.2 Å². The smallest absolute Gasteiger partial charge is 0.375 e. The van der Waals surface area contributed by atoms with E-state index in [-0.39, 0.29) is 48.1 Å². The number of nitrogens with zero attached hydrogens (tertiary/aromatic N) is 1. The predicted octanol–water partition coefficient (Wildman–Crippen LogP) is 5.69. The van der Waals surface area contributed by atoms with Crippen molar-refractivity contribution in [2.75, 3.05) is 6.01 Å². The normalized spacial score (nSPS) is 34.5. The summed E-state index contributed by atoms with van der Waals surface area (Å²) in [6, 6.07) is 4.97. The lowest BCUT2D eigenvalue weighted by molar-refractivity contribution is -0.513. The number of alkyl halides is 1. The van der Waals surface area contributed by atoms with Gasteiger partial charge in [0.25, 0.3) is 0 Å². The number of carbonyl (C=O) groups excluding carboxylic acids is 3. The Morgan fingerprint density at radius 1 is 1.27 bits per heavy atom. The van der Waals surface area contributed by atoms with Crippen LogP contribution < -0.4 is 5.32 Å². The summed E-state index contributed by atoms with van der Waals surface area (Å²) in [6.45, 7) is 6.11. The first-order chi connectivity index (χ1) is 21.0. The van der Waals surface area contributed by atoms with Crippen LogP contribution in [0.4, 0.5) is 14.5 Å². The maximum atomic E-state index is 14.4. The molecular weight excluding hydrogens is 588 g/mol. The van der Waals surface area contributed by atoms with Gasteiger partial charge in [-0.1, -0.05) is 26.3 Å². The summed E-state index contributed by atoms with van der Waals surface area (Å²) in [4.78, 5) is 45.0. The minimum absolute atomic E-state index is 0.00749. The van der Waals surface area contributed by atoms with Gasteiger partial charge in [-0.15, -0.1) is 0 Å². The number of nitrogens with two attached hydrogens (primary N) is 1. The van der Waals surface area contributed by atoms with Gasteiger partial charge in [0.1, 0.15) is 17.5 Å². The van der Waals surface area contributed by atoms with Crippen LogP contribution in [0.15, 0.2) is 64.1 Å². The summed E-state index contributed by atoms with van der Waals surface area (Å²) in [5.41, 5.74) is 0.231. The first kappa shape index (κ1) is 30.6. The van der Waals surface area contributed by atoms with Crippen molar-refractivity contribution in [3.63, 3.8) is 0 Å². The van der Waals surface area contributed by atoms with Crippen molar-refractivity contribution < 1.29 is 37.6 Å². The third-order valence-corrected chi connectivity index (χ3v) is 11.6. The first-order valence-electron chi connectivity index (χ1n) is 14.9. The Hall–Kier alpha value is -3.44. The number of fused-ring (bicyclic) bond motifs is 5. The number of esters is 1. The van der Waals surface area contributed by atoms with Crippen molar-refractivity contribution in [2.45, 2.75) is 58.5 Å². The molecule has 0 saturated heterocycles. The summed E-state index contributed by atoms with van der Waals surface area (Å²) in [5.74, 6) is -1.91. The summed E-state index contributed by atoms with van der Waals surface area (Å²) in [7, 11) is 0. The van der Waals surface area contributed by atoms with Gasteiger partial charge in [-0.3, -0.25) is 14.9 Å². The standard InChI is InChI=1S/C33H35F2N3O5S/c1-18-11-21-22-8-9-33(30(41)44-17-34,43-29(40)26-5-4-10-42-26)32(22,3)14-25(39)28(21)31(2)13-19(15-36)24(12-23(18)31)38-20-6-7-27(35)37-16-20/h4-7,10,12,15-16,18,21-22,28,36,38H,8-9,11,13-14,17H2,1-3H3/p+1/t18-,21-,22?,28?,31-,32-,33-/m0/s1. The van der Waals surface area contributed by atoms with Crippen LogP contribution in [0, 0.1) is 45.9 Å². The van der Waals surface area contributed by atoms with Crippen LogP contribution in [-0.4, -0.2) is 39.7 Å². The molecule has 2 aromatic rings. The quantitative estimate of drug-likeness (QED) is 0.230. The van der Waals surface area contributed by atoms with Gasteiger partial charge in [0, 0.05) is 41.0 Å². The lowest BCUT2D eigenvalue weighted by Crippen LogP contribution is -2.76. The number of aromatic nitrogens is 1. The Balaban J connectivity index is 1.36. The highest BCUT2D eigenvalue weighted by Gasteiger charge is 2.71. The third-order valence-electron chi connectivity index (χ3n) is 10.9. The molecule has 4 aliphatic rings. The molecule has 0 amide bonds. The maximum Gasteiger partial charge on any atom is 0.375 e. The lowest BCUT2D eigenvalue weighted by atomic mass is 9.44. The van der Waals surface area contributed by atoms with Crippen molar-refractivity contribution >= 4 is 40.5 Å². The predicted molar refractivity (Wildman–Crippen MR) is 159 cm³/mol. The van der Waals surface area contributed by atoms with E-state index in [2.05, 4.69) is 24.9 Å². The summed E-state index contributed by atoms with van der Waals surface area (Å²) in [6.07, 6.45) is 8.17. The Bertz CT molecular complexity index is 1570. The van der Waals surface area contributed by atoms with Crippen LogP contribution in [0.3, 0.4) is 0 Å². The number of hydrogen-bond donors (Lipinski definition) is 2. The molecule has 2 heterocycles. The van der Waals surface area contributed by atoms with Crippen LogP contribution in [-0.2, 0) is 14.3 Å². The Morgan fingerprint density at radius 3 is 2.73 bits per heavy atom. The third kappa shape index (κ3) is 4.62. The molecule has 0 aromatic carbocycles. The van der Waals surface area contributed by atoms with Gasteiger partial charge in [0.2, 0.25) is 16.8 Å². The van der Waals surface area contributed by atoms with Crippen LogP contribution in [0.5, 0.6) is 0 Å². The van der Waals surface area contributed by atoms with Gasteiger partial charge in [0.05, 0.1) is 12.5 Å². The molecule has 6 rings (SSSR count). The zero-order valence-electron chi connectivity index (χ0n) is 24.9. The molecule has 44 heavy (non-hydrogen) atoms. The Labute approximate surface area is 258 Å². The van der Waals surface area contributed by atoms with Crippen molar-refractivity contribution in [2.24, 2.45) is 34.5 Å². The van der Waals surface area contributed by atoms with Crippen LogP contribution in [0.25, 0.3) is 0 Å². The number of pyridine rings is 1. The van der Waals surface area contributed by atoms with Gasteiger partial charge < -0.3 is 14.6 Å². The molecular formula is C33H36F2N3O5S+. The Kier molecular flexibility index (Phi) is 7.76. The number of ketones is 1. The number of thioether (sulfide) groups is 1. The highest BCUT2D eigenvalue weighted by Crippen LogP contribution is 2.68. The molecule has 0 spiro atoms. The second kappa shape index (κ2) is 11.2. The fraction of sp³-hybridized carbons (Fsp3) is 0.485. The number of rotatable bonds is 7. The number of hydrogen-bond acceptors (Lipinski definition) is 8. The van der Waals surface area contributed by atoms with Gasteiger partial charge in [-0.2, -0.15) is 4.39 Å². The molecule has 3 fully saturated rings. The van der Waals surface area contributed by atoms with Gasteiger partial charge in [0.15, 0.2) is 11.3 Å². The SMILES string of the molecule is C[C@H]1C[C@@H]2C(C(=O)C[C@@]3(C)C2CC[C@]3(OC(=O)c2ccco2)C(=O)SCF)[C@@]2(C)CC(C=N)=C([NH2+]c3ccc(F)nc3)C=C12. The second-order valence-corrected chi connectivity index (χ2v) is 14.0. The molecule has 0 bridgehead atoms. The molecule has 2 aromatic heterocycles. The van der Waals surface area contributed by atoms with Gasteiger partial charge >= 0.3 is 5.97 Å². The fourth-order valence-corrected chi connectivity index (χ4v) is 9.79. The number of nitrogens with one attached hydrogen (secondary N) is 1. The van der Waals surface area contributed by atoms with E-state index < -0.39 is 39.5 Å². The second-order valence-electron chi connectivity index (χ2n) is 13.1. The van der Waals surface area contributed by atoms with E-state index >= 15 is 0 Å². The maximum absolute atomic E-state index is 14.4. The highest BCUT2D eigenvalue weighted by atomic mass is 32.2. The van der Waals surface area contributed by atoms with Crippen LogP contribution in [0.1, 0.15) is 63.4 Å². The minimum Gasteiger partial charge on any atom is -0.457 e. The average Bonchev–Trinajstić information content (AvgIpc) is 3.62. The van der Waals surface area contributed by atoms with E-state index in [0.29, 0.717) is 36.7 Å². The van der Waals surface area contributed by atoms with Gasteiger partial charge in [-0.05, 0) is 79.5 Å². The molecule has 3 saturated carbocycles. The largest absolute Gasteiger partial charge is 0.457 e. The molecule has 3 N–H and O–H groups in total. The van der Waals surface area contributed by atoms with Crippen molar-refractivity contribution in [3.8, 4) is 0 Å². The fourth-order valence-electron chi connectivity index (χ4n) is 9.08. The monoisotopic (exact) mass is 624 g/mol. The molecule has 11 heteroatoms. The molecule has 8 nitrogen and oxygen atoms in total. The van der Waals surface area contributed by atoms with E-state index in [1.165, 1.54) is 30.8 Å². The van der Waals surface area contributed by atoms with Crippen LogP contribution in [0.2, 0.25) is 0 Å². The number of allylic oxidation sites excluding steroid dienone is 3. The topological polar surface area (TPSA) is 127 Å². The zero-order chi connectivity index (χ0) is 31.4. The minimum atomic E-state index is -1.67. The molecule has 2 unspecified atom stereocenters. The molecule has 7 atom stereocenters. The molecule has 4 aliphatic carbocycles. The lowest BCUT2D eigenvalue weighted by Gasteiger charge is -2.59. The first-order valence-corrected chi connectivity index (χ1v) is 15.9. The summed E-state index contributed by atoms with van der Waals surface area (Å²) in [5, 5.41) is 9.56.